The van der Waals surface area contributed by atoms with Crippen molar-refractivity contribution >= 4 is 28.5 Å². The number of hydrazine groups is 1. The quantitative estimate of drug-likeness (QED) is 0.0739. The normalized spacial score (nSPS) is 41.9. The number of hydrogen-bond acceptors (Lipinski definition) is 24. The van der Waals surface area contributed by atoms with Crippen molar-refractivity contribution in [2.45, 2.75) is 104 Å². The van der Waals surface area contributed by atoms with Crippen molar-refractivity contribution in [2.24, 2.45) is 29.2 Å². The standard InChI is InChI=1S/C35H52N6O20/c36-18-13(20(44)16(6-42)58-32(18)54)8-56-34-25(49)22(46)15(27(60-34)30(51)41-40-29-12-4-2-1-3-11(12)5-38-39-29)10-55-33-19(37)14(21(45)17(7-43)59-33)9-57-35-26(50)23(47)24(48)28(61-35)31(52)53/h1-5,13-28,32-35,42-50,54H,6-10,36-37H2,(H,39,40)(H,41,51)(H,52,53)/t13-,14-,15-,16?,17?,18?,19?,20-,21-,22+,23+,24-,25?,26?,27?,28?,32+,33+,34+,35+/m0/s1. The number of ether oxygens (including phenoxy) is 7. The molecular formula is C35H52N6O20. The van der Waals surface area contributed by atoms with Gasteiger partial charge in [0.2, 0.25) is 0 Å². The lowest BCUT2D eigenvalue weighted by molar-refractivity contribution is -0.315. The average molecular weight is 877 g/mol. The number of benzene rings is 1. The van der Waals surface area contributed by atoms with E-state index >= 15 is 0 Å². The maximum absolute atomic E-state index is 13.9. The largest absolute Gasteiger partial charge is 0.479 e. The monoisotopic (exact) mass is 876 g/mol. The van der Waals surface area contributed by atoms with Gasteiger partial charge in [-0.25, -0.2) is 4.79 Å². The van der Waals surface area contributed by atoms with Crippen LogP contribution in [-0.4, -0.2) is 216 Å². The molecule has 4 aliphatic heterocycles. The van der Waals surface area contributed by atoms with Gasteiger partial charge in [-0.15, -0.1) is 5.10 Å². The number of aliphatic hydroxyl groups is 10. The summed E-state index contributed by atoms with van der Waals surface area (Å²) in [5.74, 6) is -6.25. The number of fused-ring (bicyclic) bond motifs is 1. The number of rotatable bonds is 15. The molecule has 17 N–H and O–H groups in total. The molecule has 4 fully saturated rings. The topological polar surface area (TPSA) is 423 Å². The van der Waals surface area contributed by atoms with E-state index in [1.165, 1.54) is 6.20 Å². The first-order chi connectivity index (χ1) is 29.1. The van der Waals surface area contributed by atoms with Gasteiger partial charge in [0, 0.05) is 28.5 Å². The van der Waals surface area contributed by atoms with Crippen LogP contribution in [-0.2, 0) is 42.7 Å². The van der Waals surface area contributed by atoms with Crippen molar-refractivity contribution < 1.29 is 98.9 Å². The van der Waals surface area contributed by atoms with E-state index < -0.39 is 167 Å². The lowest BCUT2D eigenvalue weighted by Gasteiger charge is -2.46. The van der Waals surface area contributed by atoms with Crippen LogP contribution in [0.3, 0.4) is 0 Å². The van der Waals surface area contributed by atoms with Crippen LogP contribution in [0.1, 0.15) is 0 Å². The number of nitrogens with two attached hydrogens (primary N) is 2. The number of carbonyl (C=O) groups excluding carboxylic acids is 1. The summed E-state index contributed by atoms with van der Waals surface area (Å²) in [7, 11) is 0. The molecule has 0 bridgehead atoms. The van der Waals surface area contributed by atoms with Gasteiger partial charge in [0.1, 0.15) is 42.7 Å². The number of amides is 1. The number of carbonyl (C=O) groups is 2. The van der Waals surface area contributed by atoms with Crippen LogP contribution in [0.25, 0.3) is 10.8 Å². The van der Waals surface area contributed by atoms with Gasteiger partial charge in [-0.3, -0.25) is 15.6 Å². The van der Waals surface area contributed by atoms with E-state index in [1.807, 2.05) is 0 Å². The van der Waals surface area contributed by atoms with E-state index in [2.05, 4.69) is 21.0 Å². The lowest BCUT2D eigenvalue weighted by Crippen LogP contribution is -2.64. The van der Waals surface area contributed by atoms with Crippen LogP contribution in [0.5, 0.6) is 0 Å². The van der Waals surface area contributed by atoms with E-state index in [1.54, 1.807) is 24.3 Å². The fraction of sp³-hybridized carbons (Fsp3) is 0.714. The van der Waals surface area contributed by atoms with Crippen LogP contribution in [0.4, 0.5) is 5.82 Å². The highest BCUT2D eigenvalue weighted by molar-refractivity contribution is 5.92. The predicted molar refractivity (Wildman–Crippen MR) is 196 cm³/mol. The van der Waals surface area contributed by atoms with Gasteiger partial charge in [-0.1, -0.05) is 24.3 Å². The molecule has 8 unspecified atom stereocenters. The third kappa shape index (κ3) is 10.0. The summed E-state index contributed by atoms with van der Waals surface area (Å²) in [6, 6.07) is 4.37. The fourth-order valence-corrected chi connectivity index (χ4v) is 7.60. The second-order valence-corrected chi connectivity index (χ2v) is 15.1. The Morgan fingerprint density at radius 1 is 0.656 bits per heavy atom. The second-order valence-electron chi connectivity index (χ2n) is 15.1. The predicted octanol–water partition coefficient (Wildman–Crippen LogP) is -7.89. The van der Waals surface area contributed by atoms with Crippen molar-refractivity contribution in [1.29, 1.82) is 0 Å². The number of aliphatic hydroxyl groups excluding tert-OH is 10. The molecule has 20 atom stereocenters. The number of aliphatic carboxylic acids is 1. The Balaban J connectivity index is 1.18. The van der Waals surface area contributed by atoms with Crippen molar-refractivity contribution in [3.63, 3.8) is 0 Å². The number of hydrogen-bond donors (Lipinski definition) is 15. The molecule has 0 saturated carbocycles. The Bertz CT molecular complexity index is 1770. The summed E-state index contributed by atoms with van der Waals surface area (Å²) in [4.78, 5) is 25.5. The molecule has 6 rings (SSSR count). The zero-order valence-corrected chi connectivity index (χ0v) is 32.1. The van der Waals surface area contributed by atoms with Gasteiger partial charge in [0.25, 0.3) is 5.91 Å². The third-order valence-corrected chi connectivity index (χ3v) is 11.3. The van der Waals surface area contributed by atoms with E-state index in [0.29, 0.717) is 10.8 Å². The first-order valence-electron chi connectivity index (χ1n) is 19.2. The molecule has 26 heteroatoms. The molecule has 5 heterocycles. The van der Waals surface area contributed by atoms with Gasteiger partial charge in [0.05, 0.1) is 69.6 Å². The minimum absolute atomic E-state index is 0.127. The maximum atomic E-state index is 13.9. The highest BCUT2D eigenvalue weighted by atomic mass is 16.7. The molecule has 61 heavy (non-hydrogen) atoms. The molecule has 26 nitrogen and oxygen atoms in total. The van der Waals surface area contributed by atoms with Crippen molar-refractivity contribution in [2.75, 3.05) is 38.5 Å². The average Bonchev–Trinajstić information content (AvgIpc) is 3.25. The summed E-state index contributed by atoms with van der Waals surface area (Å²) in [5, 5.41) is 123. The lowest BCUT2D eigenvalue weighted by atomic mass is 9.87. The molecule has 1 amide bonds. The molecule has 1 aromatic heterocycles. The summed E-state index contributed by atoms with van der Waals surface area (Å²) in [6.45, 7) is -3.27. The van der Waals surface area contributed by atoms with Crippen LogP contribution < -0.4 is 22.3 Å². The number of aromatic nitrogens is 2. The number of carboxylic acid groups (broad SMARTS) is 1. The Morgan fingerprint density at radius 2 is 1.21 bits per heavy atom. The summed E-state index contributed by atoms with van der Waals surface area (Å²) < 4.78 is 39.0. The van der Waals surface area contributed by atoms with E-state index in [9.17, 15) is 65.8 Å². The van der Waals surface area contributed by atoms with Gasteiger partial charge in [0.15, 0.2) is 37.1 Å². The van der Waals surface area contributed by atoms with Crippen LogP contribution in [0.15, 0.2) is 30.5 Å². The summed E-state index contributed by atoms with van der Waals surface area (Å²) in [6.07, 6.45) is -24.3. The molecule has 0 radical (unpaired) electrons. The molecule has 0 spiro atoms. The van der Waals surface area contributed by atoms with E-state index in [4.69, 9.17) is 44.6 Å². The molecule has 342 valence electrons. The second kappa shape index (κ2) is 20.4. The van der Waals surface area contributed by atoms with Gasteiger partial charge in [-0.05, 0) is 0 Å². The van der Waals surface area contributed by atoms with E-state index in [0.717, 1.165) is 0 Å². The Labute approximate surface area is 345 Å². The zero-order chi connectivity index (χ0) is 44.3. The molecule has 4 aliphatic rings. The fourth-order valence-electron chi connectivity index (χ4n) is 7.60. The van der Waals surface area contributed by atoms with Crippen LogP contribution in [0, 0.1) is 17.8 Å². The van der Waals surface area contributed by atoms with Crippen LogP contribution >= 0.6 is 0 Å². The number of nitrogens with one attached hydrogen (secondary N) is 2. The summed E-state index contributed by atoms with van der Waals surface area (Å²) >= 11 is 0. The minimum Gasteiger partial charge on any atom is -0.479 e. The molecule has 0 aliphatic carbocycles. The van der Waals surface area contributed by atoms with Crippen molar-refractivity contribution in [1.82, 2.24) is 15.6 Å². The third-order valence-electron chi connectivity index (χ3n) is 11.3. The number of nitrogens with zero attached hydrogens (tertiary/aromatic N) is 2. The highest BCUT2D eigenvalue weighted by Crippen LogP contribution is 2.33. The summed E-state index contributed by atoms with van der Waals surface area (Å²) in [5.41, 5.74) is 17.5. The first kappa shape index (κ1) is 47.0. The highest BCUT2D eigenvalue weighted by Gasteiger charge is 2.52. The minimum atomic E-state index is -2.00. The van der Waals surface area contributed by atoms with Crippen molar-refractivity contribution in [3.8, 4) is 0 Å². The van der Waals surface area contributed by atoms with Crippen molar-refractivity contribution in [3.05, 3.63) is 30.5 Å². The van der Waals surface area contributed by atoms with E-state index in [-0.39, 0.29) is 5.82 Å². The number of anilines is 1. The molecule has 4 saturated heterocycles. The molecule has 1 aromatic carbocycles. The molecule has 2 aromatic rings. The Hall–Kier alpha value is -3.46. The van der Waals surface area contributed by atoms with Gasteiger partial charge >= 0.3 is 5.97 Å². The SMILES string of the molecule is NC1[C@H](OC[C@@H]2C(C(=O)NNc3nncc4ccccc34)O[C@@H](OC[C@H]3C(N)[C@H](O)OC(CO)[C@H]3O)C(O)[C@@H]2O)OC(CO)[C@@H](O)[C@H]1CO[C@@H]1OC(C(=O)O)[C@@H](O)[C@@H](O)C1O. The van der Waals surface area contributed by atoms with Gasteiger partial charge in [-0.2, -0.15) is 5.10 Å². The zero-order valence-electron chi connectivity index (χ0n) is 32.1. The smallest absolute Gasteiger partial charge is 0.335 e. The Kier molecular flexibility index (Phi) is 15.7. The number of carboxylic acids is 1. The van der Waals surface area contributed by atoms with Crippen LogP contribution in [0.2, 0.25) is 0 Å². The van der Waals surface area contributed by atoms with Gasteiger partial charge < -0.3 is 101 Å². The maximum Gasteiger partial charge on any atom is 0.335 e. The molecular weight excluding hydrogens is 824 g/mol. The Morgan fingerprint density at radius 3 is 1.85 bits per heavy atom. The first-order valence-corrected chi connectivity index (χ1v) is 19.2.